The maximum Gasteiger partial charge on any atom is 0.371 e. The van der Waals surface area contributed by atoms with E-state index in [1.807, 2.05) is 0 Å². The molecule has 1 aliphatic heterocycles. The van der Waals surface area contributed by atoms with Crippen molar-refractivity contribution in [1.29, 1.82) is 0 Å². The largest absolute Gasteiger partial charge is 0.475 e. The van der Waals surface area contributed by atoms with E-state index in [0.717, 1.165) is 6.42 Å². The van der Waals surface area contributed by atoms with Crippen molar-refractivity contribution in [3.8, 4) is 0 Å². The van der Waals surface area contributed by atoms with Crippen molar-refractivity contribution in [2.75, 3.05) is 20.2 Å². The monoisotopic (exact) mass is 268 g/mol. The van der Waals surface area contributed by atoms with Gasteiger partial charge in [-0.3, -0.25) is 0 Å². The third-order valence-corrected chi connectivity index (χ3v) is 3.05. The third kappa shape index (κ3) is 3.25. The Hall–Kier alpha value is -2.02. The Balaban J connectivity index is 1.81. The number of likely N-dealkylation sites (tertiary alicyclic amines) is 1. The molecular formula is C12H16N2O5. The van der Waals surface area contributed by atoms with Crippen LogP contribution in [0.1, 0.15) is 22.7 Å². The van der Waals surface area contributed by atoms with Gasteiger partial charge in [-0.25, -0.2) is 9.59 Å². The first-order valence-electron chi connectivity index (χ1n) is 5.97. The number of rotatable bonds is 4. The van der Waals surface area contributed by atoms with Crippen molar-refractivity contribution in [3.05, 3.63) is 23.7 Å². The van der Waals surface area contributed by atoms with Crippen LogP contribution in [0.4, 0.5) is 4.79 Å². The number of methoxy groups -OCH3 is 1. The molecule has 7 heteroatoms. The summed E-state index contributed by atoms with van der Waals surface area (Å²) in [6.45, 7) is 1.39. The van der Waals surface area contributed by atoms with Crippen LogP contribution in [0.3, 0.4) is 0 Å². The lowest BCUT2D eigenvalue weighted by Gasteiger charge is -2.16. The summed E-state index contributed by atoms with van der Waals surface area (Å²) >= 11 is 0. The van der Waals surface area contributed by atoms with E-state index < -0.39 is 5.97 Å². The minimum absolute atomic E-state index is 0.0907. The van der Waals surface area contributed by atoms with Crippen molar-refractivity contribution in [1.82, 2.24) is 10.2 Å². The van der Waals surface area contributed by atoms with Crippen LogP contribution in [0.15, 0.2) is 16.5 Å². The second-order valence-corrected chi connectivity index (χ2v) is 4.32. The second kappa shape index (κ2) is 5.75. The fourth-order valence-electron chi connectivity index (χ4n) is 1.97. The summed E-state index contributed by atoms with van der Waals surface area (Å²) in [5, 5.41) is 11.4. The molecule has 1 unspecified atom stereocenters. The summed E-state index contributed by atoms with van der Waals surface area (Å²) in [6, 6.07) is 2.69. The number of nitrogens with one attached hydrogen (secondary N) is 1. The number of carbonyl (C=O) groups is 2. The van der Waals surface area contributed by atoms with E-state index in [2.05, 4.69) is 5.32 Å². The molecular weight excluding hydrogens is 252 g/mol. The molecule has 0 aliphatic carbocycles. The van der Waals surface area contributed by atoms with Crippen molar-refractivity contribution < 1.29 is 23.8 Å². The Morgan fingerprint density at radius 1 is 1.58 bits per heavy atom. The highest BCUT2D eigenvalue weighted by atomic mass is 16.5. The van der Waals surface area contributed by atoms with Crippen LogP contribution in [-0.2, 0) is 11.3 Å². The molecule has 1 fully saturated rings. The van der Waals surface area contributed by atoms with E-state index in [-0.39, 0.29) is 24.4 Å². The van der Waals surface area contributed by atoms with Crippen LogP contribution in [0, 0.1) is 0 Å². The molecule has 1 aromatic rings. The highest BCUT2D eigenvalue weighted by Crippen LogP contribution is 2.12. The van der Waals surface area contributed by atoms with Gasteiger partial charge >= 0.3 is 12.0 Å². The molecule has 1 saturated heterocycles. The molecule has 1 aromatic heterocycles. The number of urea groups is 1. The lowest BCUT2D eigenvalue weighted by molar-refractivity contribution is 0.0660. The number of nitrogens with zero attached hydrogens (tertiary/aromatic N) is 1. The molecule has 7 nitrogen and oxygen atoms in total. The lowest BCUT2D eigenvalue weighted by Crippen LogP contribution is -2.38. The molecule has 0 aromatic carbocycles. The van der Waals surface area contributed by atoms with Crippen molar-refractivity contribution >= 4 is 12.0 Å². The number of amides is 2. The second-order valence-electron chi connectivity index (χ2n) is 4.32. The number of hydrogen-bond donors (Lipinski definition) is 2. The topological polar surface area (TPSA) is 92.0 Å². The average Bonchev–Trinajstić information content (AvgIpc) is 3.04. The van der Waals surface area contributed by atoms with Gasteiger partial charge in [0.05, 0.1) is 12.6 Å². The number of carboxylic acid groups (broad SMARTS) is 1. The first-order chi connectivity index (χ1) is 9.10. The number of aromatic carboxylic acids is 1. The molecule has 2 rings (SSSR count). The van der Waals surface area contributed by atoms with E-state index in [4.69, 9.17) is 14.3 Å². The fourth-order valence-corrected chi connectivity index (χ4v) is 1.97. The predicted molar refractivity (Wildman–Crippen MR) is 64.9 cm³/mol. The predicted octanol–water partition coefficient (Wildman–Crippen LogP) is 0.908. The zero-order valence-electron chi connectivity index (χ0n) is 10.6. The van der Waals surface area contributed by atoms with Gasteiger partial charge < -0.3 is 24.5 Å². The molecule has 0 bridgehead atoms. The highest BCUT2D eigenvalue weighted by Gasteiger charge is 2.25. The van der Waals surface area contributed by atoms with Gasteiger partial charge in [0.2, 0.25) is 5.76 Å². The summed E-state index contributed by atoms with van der Waals surface area (Å²) in [6.07, 6.45) is 0.918. The Morgan fingerprint density at radius 2 is 2.37 bits per heavy atom. The van der Waals surface area contributed by atoms with E-state index in [1.165, 1.54) is 12.1 Å². The summed E-state index contributed by atoms with van der Waals surface area (Å²) in [7, 11) is 1.63. The minimum atomic E-state index is -1.12. The minimum Gasteiger partial charge on any atom is -0.475 e. The Morgan fingerprint density at radius 3 is 2.95 bits per heavy atom. The van der Waals surface area contributed by atoms with E-state index >= 15 is 0 Å². The van der Waals surface area contributed by atoms with Gasteiger partial charge in [0.15, 0.2) is 0 Å². The molecule has 1 aliphatic rings. The van der Waals surface area contributed by atoms with Crippen molar-refractivity contribution in [2.45, 2.75) is 19.1 Å². The smallest absolute Gasteiger partial charge is 0.371 e. The molecule has 2 N–H and O–H groups in total. The first kappa shape index (κ1) is 13.4. The van der Waals surface area contributed by atoms with E-state index in [9.17, 15) is 9.59 Å². The standard InChI is InChI=1S/C12H16N2O5/c1-18-9-4-5-14(7-9)12(17)13-6-8-2-3-10(19-8)11(15)16/h2-3,9H,4-7H2,1H3,(H,13,17)(H,15,16). The van der Waals surface area contributed by atoms with Crippen LogP contribution in [0.25, 0.3) is 0 Å². The Bertz CT molecular complexity index is 470. The van der Waals surface area contributed by atoms with E-state index in [1.54, 1.807) is 12.0 Å². The van der Waals surface area contributed by atoms with Gasteiger partial charge in [0.1, 0.15) is 5.76 Å². The Kier molecular flexibility index (Phi) is 4.06. The molecule has 0 saturated carbocycles. The number of hydrogen-bond acceptors (Lipinski definition) is 4. The van der Waals surface area contributed by atoms with Gasteiger partial charge in [-0.1, -0.05) is 0 Å². The van der Waals surface area contributed by atoms with Gasteiger partial charge in [0.25, 0.3) is 0 Å². The quantitative estimate of drug-likeness (QED) is 0.846. The molecule has 104 valence electrons. The third-order valence-electron chi connectivity index (χ3n) is 3.05. The summed E-state index contributed by atoms with van der Waals surface area (Å²) < 4.78 is 10.2. The van der Waals surface area contributed by atoms with Crippen LogP contribution in [0.5, 0.6) is 0 Å². The SMILES string of the molecule is COC1CCN(C(=O)NCc2ccc(C(=O)O)o2)C1. The molecule has 2 amide bonds. The van der Waals surface area contributed by atoms with Crippen LogP contribution in [0.2, 0.25) is 0 Å². The van der Waals surface area contributed by atoms with Gasteiger partial charge in [-0.15, -0.1) is 0 Å². The van der Waals surface area contributed by atoms with Crippen LogP contribution < -0.4 is 5.32 Å². The van der Waals surface area contributed by atoms with Crippen molar-refractivity contribution in [3.63, 3.8) is 0 Å². The summed E-state index contributed by atoms with van der Waals surface area (Å²) in [4.78, 5) is 24.1. The highest BCUT2D eigenvalue weighted by molar-refractivity contribution is 5.84. The van der Waals surface area contributed by atoms with Gasteiger partial charge in [-0.05, 0) is 18.6 Å². The molecule has 1 atom stereocenters. The maximum absolute atomic E-state index is 11.8. The zero-order chi connectivity index (χ0) is 13.8. The van der Waals surface area contributed by atoms with Gasteiger partial charge in [0, 0.05) is 20.2 Å². The number of furan rings is 1. The first-order valence-corrected chi connectivity index (χ1v) is 5.97. The molecule has 0 radical (unpaired) electrons. The number of carbonyl (C=O) groups excluding carboxylic acids is 1. The van der Waals surface area contributed by atoms with E-state index in [0.29, 0.717) is 18.8 Å². The zero-order valence-corrected chi connectivity index (χ0v) is 10.6. The van der Waals surface area contributed by atoms with Crippen LogP contribution >= 0.6 is 0 Å². The number of ether oxygens (including phenoxy) is 1. The molecule has 0 spiro atoms. The maximum atomic E-state index is 11.8. The van der Waals surface area contributed by atoms with Crippen molar-refractivity contribution in [2.24, 2.45) is 0 Å². The molecule has 19 heavy (non-hydrogen) atoms. The average molecular weight is 268 g/mol. The summed E-state index contributed by atoms with van der Waals surface area (Å²) in [5.41, 5.74) is 0. The normalized spacial score (nSPS) is 18.6. The van der Waals surface area contributed by atoms with Gasteiger partial charge in [-0.2, -0.15) is 0 Å². The van der Waals surface area contributed by atoms with Crippen LogP contribution in [-0.4, -0.2) is 48.3 Å². The molecule has 2 heterocycles. The number of carboxylic acids is 1. The lowest BCUT2D eigenvalue weighted by atomic mass is 10.3. The Labute approximate surface area is 110 Å². The summed E-state index contributed by atoms with van der Waals surface area (Å²) in [5.74, 6) is -0.849. The fraction of sp³-hybridized carbons (Fsp3) is 0.500.